The summed E-state index contributed by atoms with van der Waals surface area (Å²) in [7, 11) is 0. The van der Waals surface area contributed by atoms with Gasteiger partial charge in [-0.2, -0.15) is 0 Å². The minimum Gasteiger partial charge on any atom is -0.461 e. The molecule has 1 saturated heterocycles. The third kappa shape index (κ3) is 4.53. The van der Waals surface area contributed by atoms with Crippen LogP contribution in [0, 0.1) is 5.92 Å². The standard InChI is InChI=1S/C22H30N2O3/c25-19-10-11-23-21(19)22(26)24-14-16-7-9-20-17(12-16)13-18(27-20)8-6-15-4-2-1-3-5-15/h7,9,12-13,15,19,21,23,25H,1-6,8,10-11,14H2,(H,24,26). The van der Waals surface area contributed by atoms with Gasteiger partial charge in [0.1, 0.15) is 17.4 Å². The lowest BCUT2D eigenvalue weighted by Gasteiger charge is -2.20. The molecule has 1 aromatic heterocycles. The predicted molar refractivity (Wildman–Crippen MR) is 105 cm³/mol. The van der Waals surface area contributed by atoms with Crippen LogP contribution in [0.1, 0.15) is 56.3 Å². The fourth-order valence-corrected chi connectivity index (χ4v) is 4.46. The number of rotatable bonds is 6. The van der Waals surface area contributed by atoms with E-state index in [1.54, 1.807) is 0 Å². The van der Waals surface area contributed by atoms with E-state index in [4.69, 9.17) is 4.42 Å². The lowest BCUT2D eigenvalue weighted by atomic mass is 9.86. The highest BCUT2D eigenvalue weighted by molar-refractivity contribution is 5.83. The highest BCUT2D eigenvalue weighted by atomic mass is 16.3. The van der Waals surface area contributed by atoms with Crippen LogP contribution in [0.3, 0.4) is 0 Å². The van der Waals surface area contributed by atoms with Crippen molar-refractivity contribution in [3.05, 3.63) is 35.6 Å². The number of carbonyl (C=O) groups is 1. The largest absolute Gasteiger partial charge is 0.461 e. The summed E-state index contributed by atoms with van der Waals surface area (Å²) in [5.74, 6) is 1.78. The Morgan fingerprint density at radius 1 is 1.19 bits per heavy atom. The van der Waals surface area contributed by atoms with Crippen molar-refractivity contribution in [2.24, 2.45) is 5.92 Å². The Labute approximate surface area is 160 Å². The van der Waals surface area contributed by atoms with Gasteiger partial charge in [-0.15, -0.1) is 0 Å². The van der Waals surface area contributed by atoms with Gasteiger partial charge < -0.3 is 20.2 Å². The summed E-state index contributed by atoms with van der Waals surface area (Å²) in [6.45, 7) is 1.14. The number of hydrogen-bond acceptors (Lipinski definition) is 4. The van der Waals surface area contributed by atoms with E-state index in [1.807, 2.05) is 12.1 Å². The number of nitrogens with one attached hydrogen (secondary N) is 2. The molecule has 1 aromatic carbocycles. The summed E-state index contributed by atoms with van der Waals surface area (Å²) >= 11 is 0. The van der Waals surface area contributed by atoms with Crippen molar-refractivity contribution in [2.75, 3.05) is 6.54 Å². The number of benzene rings is 1. The van der Waals surface area contributed by atoms with Crippen molar-refractivity contribution < 1.29 is 14.3 Å². The maximum Gasteiger partial charge on any atom is 0.240 e. The molecule has 0 radical (unpaired) electrons. The molecule has 0 spiro atoms. The van der Waals surface area contributed by atoms with Crippen LogP contribution in [0.15, 0.2) is 28.7 Å². The molecule has 1 saturated carbocycles. The van der Waals surface area contributed by atoms with Crippen molar-refractivity contribution in [1.29, 1.82) is 0 Å². The molecule has 5 heteroatoms. The maximum absolute atomic E-state index is 12.2. The number of aliphatic hydroxyl groups excluding tert-OH is 1. The van der Waals surface area contributed by atoms with Gasteiger partial charge in [-0.05, 0) is 49.1 Å². The quantitative estimate of drug-likeness (QED) is 0.729. The zero-order valence-electron chi connectivity index (χ0n) is 15.9. The Kier molecular flexibility index (Phi) is 5.79. The smallest absolute Gasteiger partial charge is 0.240 e. The summed E-state index contributed by atoms with van der Waals surface area (Å²) in [5.41, 5.74) is 1.96. The van der Waals surface area contributed by atoms with E-state index < -0.39 is 12.1 Å². The van der Waals surface area contributed by atoms with Crippen LogP contribution in [0.4, 0.5) is 0 Å². The van der Waals surface area contributed by atoms with E-state index in [-0.39, 0.29) is 5.91 Å². The molecule has 146 valence electrons. The number of amides is 1. The van der Waals surface area contributed by atoms with Gasteiger partial charge in [-0.1, -0.05) is 38.2 Å². The van der Waals surface area contributed by atoms with Gasteiger partial charge in [0.25, 0.3) is 0 Å². The maximum atomic E-state index is 12.2. The van der Waals surface area contributed by atoms with Crippen molar-refractivity contribution in [1.82, 2.24) is 10.6 Å². The summed E-state index contributed by atoms with van der Waals surface area (Å²) < 4.78 is 6.00. The second-order valence-electron chi connectivity index (χ2n) is 8.13. The molecule has 1 aliphatic heterocycles. The first-order chi connectivity index (χ1) is 13.2. The Bertz CT molecular complexity index is 779. The molecule has 27 heavy (non-hydrogen) atoms. The number of fused-ring (bicyclic) bond motifs is 1. The van der Waals surface area contributed by atoms with E-state index >= 15 is 0 Å². The molecule has 2 aromatic rings. The highest BCUT2D eigenvalue weighted by Gasteiger charge is 2.30. The molecule has 2 heterocycles. The van der Waals surface area contributed by atoms with Gasteiger partial charge in [0.2, 0.25) is 5.91 Å². The molecular weight excluding hydrogens is 340 g/mol. The van der Waals surface area contributed by atoms with E-state index in [0.29, 0.717) is 19.5 Å². The first kappa shape index (κ1) is 18.5. The Balaban J connectivity index is 1.33. The van der Waals surface area contributed by atoms with Crippen LogP contribution in [-0.2, 0) is 17.8 Å². The molecule has 2 fully saturated rings. The van der Waals surface area contributed by atoms with Gasteiger partial charge >= 0.3 is 0 Å². The second-order valence-corrected chi connectivity index (χ2v) is 8.13. The van der Waals surface area contributed by atoms with E-state index in [0.717, 1.165) is 34.6 Å². The van der Waals surface area contributed by atoms with Crippen molar-refractivity contribution in [3.8, 4) is 0 Å². The van der Waals surface area contributed by atoms with Crippen LogP contribution < -0.4 is 10.6 Å². The minimum absolute atomic E-state index is 0.138. The summed E-state index contributed by atoms with van der Waals surface area (Å²) in [5, 5.41) is 16.9. The van der Waals surface area contributed by atoms with Gasteiger partial charge in [0, 0.05) is 18.4 Å². The first-order valence-corrected chi connectivity index (χ1v) is 10.4. The minimum atomic E-state index is -0.590. The summed E-state index contributed by atoms with van der Waals surface area (Å²) in [4.78, 5) is 12.2. The molecule has 2 atom stereocenters. The number of carbonyl (C=O) groups excluding carboxylic acids is 1. The molecule has 0 bridgehead atoms. The lowest BCUT2D eigenvalue weighted by Crippen LogP contribution is -2.45. The summed E-state index contributed by atoms with van der Waals surface area (Å²) in [6, 6.07) is 7.72. The third-order valence-corrected chi connectivity index (χ3v) is 6.09. The SMILES string of the molecule is O=C(NCc1ccc2oc(CCC3CCCCC3)cc2c1)C1NCCC1O. The molecule has 2 aliphatic rings. The van der Waals surface area contributed by atoms with Crippen molar-refractivity contribution in [3.63, 3.8) is 0 Å². The highest BCUT2D eigenvalue weighted by Crippen LogP contribution is 2.29. The molecular formula is C22H30N2O3. The lowest BCUT2D eigenvalue weighted by molar-refractivity contribution is -0.124. The molecule has 5 nitrogen and oxygen atoms in total. The Morgan fingerprint density at radius 3 is 2.81 bits per heavy atom. The van der Waals surface area contributed by atoms with Crippen LogP contribution in [0.2, 0.25) is 0 Å². The Morgan fingerprint density at radius 2 is 2.04 bits per heavy atom. The van der Waals surface area contributed by atoms with Crippen LogP contribution in [0.25, 0.3) is 11.0 Å². The first-order valence-electron chi connectivity index (χ1n) is 10.4. The average Bonchev–Trinajstić information content (AvgIpc) is 3.30. The van der Waals surface area contributed by atoms with Gasteiger partial charge in [0.05, 0.1) is 6.10 Å². The molecule has 1 amide bonds. The van der Waals surface area contributed by atoms with E-state index in [2.05, 4.69) is 22.8 Å². The number of aryl methyl sites for hydroxylation is 1. The van der Waals surface area contributed by atoms with Crippen LogP contribution >= 0.6 is 0 Å². The zero-order valence-corrected chi connectivity index (χ0v) is 15.9. The van der Waals surface area contributed by atoms with Gasteiger partial charge in [-0.25, -0.2) is 0 Å². The van der Waals surface area contributed by atoms with Crippen molar-refractivity contribution >= 4 is 16.9 Å². The average molecular weight is 370 g/mol. The fraction of sp³-hybridized carbons (Fsp3) is 0.591. The van der Waals surface area contributed by atoms with E-state index in [1.165, 1.54) is 38.5 Å². The van der Waals surface area contributed by atoms with E-state index in [9.17, 15) is 9.90 Å². The second kappa shape index (κ2) is 8.44. The fourth-order valence-electron chi connectivity index (χ4n) is 4.46. The van der Waals surface area contributed by atoms with Gasteiger partial charge in [0.15, 0.2) is 0 Å². The molecule has 4 rings (SSSR count). The molecule has 3 N–H and O–H groups in total. The number of furan rings is 1. The van der Waals surface area contributed by atoms with Crippen LogP contribution in [0.5, 0.6) is 0 Å². The number of hydrogen-bond donors (Lipinski definition) is 3. The zero-order chi connectivity index (χ0) is 18.6. The predicted octanol–water partition coefficient (Wildman–Crippen LogP) is 3.28. The summed E-state index contributed by atoms with van der Waals surface area (Å²) in [6.07, 6.45) is 9.17. The topological polar surface area (TPSA) is 74.5 Å². The van der Waals surface area contributed by atoms with Crippen LogP contribution in [-0.4, -0.2) is 29.7 Å². The monoisotopic (exact) mass is 370 g/mol. The third-order valence-electron chi connectivity index (χ3n) is 6.09. The van der Waals surface area contributed by atoms with Crippen molar-refractivity contribution in [2.45, 2.75) is 70.1 Å². The normalized spacial score (nSPS) is 23.7. The van der Waals surface area contributed by atoms with Gasteiger partial charge in [-0.3, -0.25) is 4.79 Å². The molecule has 1 aliphatic carbocycles. The molecule has 2 unspecified atom stereocenters. The Hall–Kier alpha value is -1.85. The number of aliphatic hydroxyl groups is 1.